The van der Waals surface area contributed by atoms with Gasteiger partial charge in [0, 0.05) is 6.04 Å². The molecule has 0 heterocycles. The second-order valence-corrected chi connectivity index (χ2v) is 3.42. The van der Waals surface area contributed by atoms with Crippen LogP contribution in [0.1, 0.15) is 38.5 Å². The molecule has 2 fully saturated rings. The quantitative estimate of drug-likeness (QED) is 0.603. The van der Waals surface area contributed by atoms with Crippen molar-refractivity contribution in [2.75, 3.05) is 0 Å². The lowest BCUT2D eigenvalue weighted by Crippen LogP contribution is -2.23. The van der Waals surface area contributed by atoms with Gasteiger partial charge in [-0.3, -0.25) is 4.84 Å². The summed E-state index contributed by atoms with van der Waals surface area (Å²) < 4.78 is 0. The van der Waals surface area contributed by atoms with Gasteiger partial charge in [0.25, 0.3) is 0 Å². The summed E-state index contributed by atoms with van der Waals surface area (Å²) in [6.45, 7) is 0. The molecule has 58 valence electrons. The van der Waals surface area contributed by atoms with E-state index in [-0.39, 0.29) is 0 Å². The Morgan fingerprint density at radius 2 is 1.70 bits per heavy atom. The van der Waals surface area contributed by atoms with E-state index in [0.29, 0.717) is 12.1 Å². The van der Waals surface area contributed by atoms with Gasteiger partial charge in [-0.1, -0.05) is 12.8 Å². The zero-order valence-electron chi connectivity index (χ0n) is 6.31. The molecule has 2 aliphatic carbocycles. The molecule has 0 radical (unpaired) electrons. The molecule has 0 aromatic heterocycles. The van der Waals surface area contributed by atoms with E-state index in [4.69, 9.17) is 4.84 Å². The van der Waals surface area contributed by atoms with Crippen molar-refractivity contribution in [3.05, 3.63) is 0 Å². The van der Waals surface area contributed by atoms with Crippen LogP contribution in [-0.2, 0) is 4.84 Å². The number of nitrogens with one attached hydrogen (secondary N) is 1. The van der Waals surface area contributed by atoms with Crippen LogP contribution in [0.15, 0.2) is 0 Å². The minimum absolute atomic E-state index is 0.528. The molecule has 0 amide bonds. The van der Waals surface area contributed by atoms with Crippen molar-refractivity contribution in [2.24, 2.45) is 0 Å². The van der Waals surface area contributed by atoms with Crippen LogP contribution in [0.5, 0.6) is 0 Å². The summed E-state index contributed by atoms with van der Waals surface area (Å²) in [6.07, 6.45) is 8.40. The maximum absolute atomic E-state index is 5.48. The molecular formula is C8H15NO. The Morgan fingerprint density at radius 3 is 2.30 bits per heavy atom. The molecule has 2 nitrogen and oxygen atoms in total. The third-order valence-electron chi connectivity index (χ3n) is 2.28. The highest BCUT2D eigenvalue weighted by Crippen LogP contribution is 2.23. The predicted molar refractivity (Wildman–Crippen MR) is 39.5 cm³/mol. The molecule has 1 N–H and O–H groups in total. The molecule has 0 atom stereocenters. The summed E-state index contributed by atoms with van der Waals surface area (Å²) in [5.41, 5.74) is 3.10. The number of hydrogen-bond donors (Lipinski definition) is 1. The Bertz CT molecular complexity index is 106. The number of rotatable bonds is 3. The van der Waals surface area contributed by atoms with E-state index >= 15 is 0 Å². The van der Waals surface area contributed by atoms with Gasteiger partial charge in [0.1, 0.15) is 0 Å². The minimum Gasteiger partial charge on any atom is -0.298 e. The van der Waals surface area contributed by atoms with Gasteiger partial charge in [-0.25, -0.2) is 0 Å². The van der Waals surface area contributed by atoms with E-state index in [9.17, 15) is 0 Å². The van der Waals surface area contributed by atoms with E-state index < -0.39 is 0 Å². The maximum Gasteiger partial charge on any atom is 0.0790 e. The Morgan fingerprint density at radius 1 is 1.00 bits per heavy atom. The summed E-state index contributed by atoms with van der Waals surface area (Å²) in [5.74, 6) is 0. The van der Waals surface area contributed by atoms with Gasteiger partial charge < -0.3 is 0 Å². The first-order chi connectivity index (χ1) is 4.95. The standard InChI is InChI=1S/C8H15NO/c1-2-4-8(3-1)10-9-7-5-6-7/h7-9H,1-6H2. The molecule has 0 aliphatic heterocycles. The van der Waals surface area contributed by atoms with Crippen LogP contribution in [0.4, 0.5) is 0 Å². The van der Waals surface area contributed by atoms with Crippen molar-refractivity contribution >= 4 is 0 Å². The van der Waals surface area contributed by atoms with Gasteiger partial charge in [-0.05, 0) is 25.7 Å². The van der Waals surface area contributed by atoms with Gasteiger partial charge in [-0.2, -0.15) is 5.48 Å². The van der Waals surface area contributed by atoms with E-state index in [1.807, 2.05) is 0 Å². The fraction of sp³-hybridized carbons (Fsp3) is 1.00. The first-order valence-corrected chi connectivity index (χ1v) is 4.36. The Hall–Kier alpha value is -0.0800. The van der Waals surface area contributed by atoms with Crippen LogP contribution in [0.25, 0.3) is 0 Å². The maximum atomic E-state index is 5.48. The zero-order chi connectivity index (χ0) is 6.81. The van der Waals surface area contributed by atoms with Crippen molar-refractivity contribution < 1.29 is 4.84 Å². The molecule has 10 heavy (non-hydrogen) atoms. The molecule has 2 heteroatoms. The van der Waals surface area contributed by atoms with Crippen LogP contribution < -0.4 is 5.48 Å². The summed E-state index contributed by atoms with van der Waals surface area (Å²) >= 11 is 0. The van der Waals surface area contributed by atoms with Crippen LogP contribution in [-0.4, -0.2) is 12.1 Å². The molecular weight excluding hydrogens is 126 g/mol. The van der Waals surface area contributed by atoms with Gasteiger partial charge in [-0.15, -0.1) is 0 Å². The first-order valence-electron chi connectivity index (χ1n) is 4.36. The summed E-state index contributed by atoms with van der Waals surface area (Å²) in [6, 6.07) is 0.695. The van der Waals surface area contributed by atoms with Crippen molar-refractivity contribution in [2.45, 2.75) is 50.7 Å². The molecule has 2 aliphatic rings. The van der Waals surface area contributed by atoms with Crippen molar-refractivity contribution in [3.63, 3.8) is 0 Å². The Balaban J connectivity index is 1.59. The SMILES string of the molecule is C1CCC(ONC2CC2)C1. The van der Waals surface area contributed by atoms with Crippen molar-refractivity contribution in [3.8, 4) is 0 Å². The molecule has 0 spiro atoms. The molecule has 0 aromatic rings. The third kappa shape index (κ3) is 1.70. The fourth-order valence-corrected chi connectivity index (χ4v) is 1.40. The summed E-state index contributed by atoms with van der Waals surface area (Å²) in [4.78, 5) is 5.48. The molecule has 2 saturated carbocycles. The highest BCUT2D eigenvalue weighted by Gasteiger charge is 2.23. The lowest BCUT2D eigenvalue weighted by molar-refractivity contribution is -0.0245. The molecule has 0 bridgehead atoms. The van der Waals surface area contributed by atoms with E-state index in [0.717, 1.165) is 0 Å². The lowest BCUT2D eigenvalue weighted by Gasteiger charge is -2.09. The zero-order valence-corrected chi connectivity index (χ0v) is 6.31. The summed E-state index contributed by atoms with van der Waals surface area (Å²) in [7, 11) is 0. The van der Waals surface area contributed by atoms with Crippen LogP contribution in [0.2, 0.25) is 0 Å². The minimum atomic E-state index is 0.528. The normalized spacial score (nSPS) is 27.6. The lowest BCUT2D eigenvalue weighted by atomic mass is 10.3. The highest BCUT2D eigenvalue weighted by molar-refractivity contribution is 4.78. The number of hydroxylamine groups is 1. The Labute approximate surface area is 61.9 Å². The second kappa shape index (κ2) is 2.89. The monoisotopic (exact) mass is 141 g/mol. The average molecular weight is 141 g/mol. The molecule has 0 aromatic carbocycles. The van der Waals surface area contributed by atoms with Crippen LogP contribution in [0, 0.1) is 0 Å². The smallest absolute Gasteiger partial charge is 0.0790 e. The van der Waals surface area contributed by atoms with Gasteiger partial charge in [0.05, 0.1) is 6.10 Å². The highest BCUT2D eigenvalue weighted by atomic mass is 16.7. The van der Waals surface area contributed by atoms with Crippen LogP contribution in [0.3, 0.4) is 0 Å². The second-order valence-electron chi connectivity index (χ2n) is 3.42. The molecule has 0 unspecified atom stereocenters. The first kappa shape index (κ1) is 6.62. The fourth-order valence-electron chi connectivity index (χ4n) is 1.40. The predicted octanol–water partition coefficient (Wildman–Crippen LogP) is 1.61. The summed E-state index contributed by atoms with van der Waals surface area (Å²) in [5, 5.41) is 0. The average Bonchev–Trinajstić information content (AvgIpc) is 2.63. The molecule has 2 rings (SSSR count). The topological polar surface area (TPSA) is 21.3 Å². The van der Waals surface area contributed by atoms with Crippen molar-refractivity contribution in [1.29, 1.82) is 0 Å². The Kier molecular flexibility index (Phi) is 1.91. The third-order valence-corrected chi connectivity index (χ3v) is 2.28. The van der Waals surface area contributed by atoms with Crippen molar-refractivity contribution in [1.82, 2.24) is 5.48 Å². The molecule has 0 saturated heterocycles. The van der Waals surface area contributed by atoms with Gasteiger partial charge >= 0.3 is 0 Å². The van der Waals surface area contributed by atoms with E-state index in [1.54, 1.807) is 0 Å². The van der Waals surface area contributed by atoms with Gasteiger partial charge in [0.15, 0.2) is 0 Å². The van der Waals surface area contributed by atoms with E-state index in [2.05, 4.69) is 5.48 Å². The van der Waals surface area contributed by atoms with Crippen LogP contribution >= 0.6 is 0 Å². The van der Waals surface area contributed by atoms with Gasteiger partial charge in [0.2, 0.25) is 0 Å². The van der Waals surface area contributed by atoms with E-state index in [1.165, 1.54) is 38.5 Å². The number of hydrogen-bond acceptors (Lipinski definition) is 2. The largest absolute Gasteiger partial charge is 0.298 e.